The molecule has 1 saturated heterocycles. The zero-order valence-electron chi connectivity index (χ0n) is 10.2. The lowest BCUT2D eigenvalue weighted by atomic mass is 9.69. The summed E-state index contributed by atoms with van der Waals surface area (Å²) in [4.78, 5) is 0. The van der Waals surface area contributed by atoms with Crippen LogP contribution in [0.4, 0.5) is 0 Å². The van der Waals surface area contributed by atoms with Gasteiger partial charge in [-0.15, -0.1) is 0 Å². The molecular formula is C13H25NO. The van der Waals surface area contributed by atoms with Gasteiger partial charge in [0.25, 0.3) is 0 Å². The molecule has 0 radical (unpaired) electrons. The van der Waals surface area contributed by atoms with Gasteiger partial charge in [-0.25, -0.2) is 0 Å². The van der Waals surface area contributed by atoms with E-state index in [-0.39, 0.29) is 0 Å². The van der Waals surface area contributed by atoms with Crippen molar-refractivity contribution in [3.05, 3.63) is 0 Å². The highest BCUT2D eigenvalue weighted by Gasteiger charge is 2.33. The van der Waals surface area contributed by atoms with Crippen LogP contribution in [0.15, 0.2) is 0 Å². The van der Waals surface area contributed by atoms with Crippen LogP contribution < -0.4 is 5.32 Å². The maximum Gasteiger partial charge on any atom is 0.0468 e. The van der Waals surface area contributed by atoms with Gasteiger partial charge >= 0.3 is 0 Å². The molecule has 0 aromatic heterocycles. The van der Waals surface area contributed by atoms with Crippen LogP contribution >= 0.6 is 0 Å². The summed E-state index contributed by atoms with van der Waals surface area (Å²) < 4.78 is 5.46. The Morgan fingerprint density at radius 3 is 2.47 bits per heavy atom. The number of nitrogens with one attached hydrogen (secondary N) is 1. The minimum Gasteiger partial charge on any atom is -0.381 e. The smallest absolute Gasteiger partial charge is 0.0468 e. The summed E-state index contributed by atoms with van der Waals surface area (Å²) in [7, 11) is 2.11. The lowest BCUT2D eigenvalue weighted by Gasteiger charge is -2.40. The predicted molar refractivity (Wildman–Crippen MR) is 62.9 cm³/mol. The summed E-state index contributed by atoms with van der Waals surface area (Å²) in [6, 6.07) is 0.772. The third-order valence-corrected chi connectivity index (χ3v) is 4.54. The summed E-state index contributed by atoms with van der Waals surface area (Å²) in [5, 5.41) is 3.46. The standard InChI is InChI=1S/C13H25NO/c1-10-3-4-12(14-2)9-13(10)11-5-7-15-8-6-11/h10-14H,3-9H2,1-2H3. The van der Waals surface area contributed by atoms with Crippen LogP contribution in [-0.4, -0.2) is 26.3 Å². The molecule has 1 aliphatic heterocycles. The molecule has 0 aromatic rings. The molecule has 2 heteroatoms. The Hall–Kier alpha value is -0.0800. The van der Waals surface area contributed by atoms with Gasteiger partial charge in [-0.1, -0.05) is 6.92 Å². The van der Waals surface area contributed by atoms with Crippen molar-refractivity contribution in [1.82, 2.24) is 5.32 Å². The molecule has 2 fully saturated rings. The van der Waals surface area contributed by atoms with Crippen LogP contribution in [0.3, 0.4) is 0 Å². The maximum atomic E-state index is 5.46. The summed E-state index contributed by atoms with van der Waals surface area (Å²) in [6.07, 6.45) is 6.77. The molecular weight excluding hydrogens is 186 g/mol. The van der Waals surface area contributed by atoms with Crippen LogP contribution in [0.5, 0.6) is 0 Å². The topological polar surface area (TPSA) is 21.3 Å². The third-order valence-electron chi connectivity index (χ3n) is 4.54. The third kappa shape index (κ3) is 2.73. The van der Waals surface area contributed by atoms with Crippen LogP contribution in [0.2, 0.25) is 0 Å². The van der Waals surface area contributed by atoms with E-state index in [0.29, 0.717) is 0 Å². The molecule has 15 heavy (non-hydrogen) atoms. The number of hydrogen-bond donors (Lipinski definition) is 1. The minimum absolute atomic E-state index is 0.772. The molecule has 2 nitrogen and oxygen atoms in total. The second-order valence-electron chi connectivity index (χ2n) is 5.39. The van der Waals surface area contributed by atoms with E-state index >= 15 is 0 Å². The highest BCUT2D eigenvalue weighted by Crippen LogP contribution is 2.38. The van der Waals surface area contributed by atoms with Crippen molar-refractivity contribution in [2.45, 2.75) is 45.1 Å². The Kier molecular flexibility index (Phi) is 4.04. The highest BCUT2D eigenvalue weighted by molar-refractivity contribution is 4.85. The van der Waals surface area contributed by atoms with E-state index in [9.17, 15) is 0 Å². The average molecular weight is 211 g/mol. The number of ether oxygens (including phenoxy) is 1. The molecule has 1 heterocycles. The lowest BCUT2D eigenvalue weighted by Crippen LogP contribution is -2.39. The molecule has 0 spiro atoms. The Morgan fingerprint density at radius 2 is 1.80 bits per heavy atom. The van der Waals surface area contributed by atoms with Crippen LogP contribution in [0.1, 0.15) is 39.0 Å². The van der Waals surface area contributed by atoms with Gasteiger partial charge in [0, 0.05) is 19.3 Å². The summed E-state index contributed by atoms with van der Waals surface area (Å²) in [5.41, 5.74) is 0. The molecule has 1 N–H and O–H groups in total. The van der Waals surface area contributed by atoms with E-state index in [1.807, 2.05) is 0 Å². The van der Waals surface area contributed by atoms with Gasteiger partial charge in [-0.3, -0.25) is 0 Å². The van der Waals surface area contributed by atoms with E-state index in [4.69, 9.17) is 4.74 Å². The van der Waals surface area contributed by atoms with E-state index in [1.165, 1.54) is 32.1 Å². The number of hydrogen-bond acceptors (Lipinski definition) is 2. The predicted octanol–water partition coefficient (Wildman–Crippen LogP) is 2.44. The van der Waals surface area contributed by atoms with Gasteiger partial charge in [0.2, 0.25) is 0 Å². The molecule has 2 aliphatic rings. The molecule has 1 saturated carbocycles. The average Bonchev–Trinajstić information content (AvgIpc) is 2.31. The maximum absolute atomic E-state index is 5.46. The van der Waals surface area contributed by atoms with Crippen molar-refractivity contribution in [3.8, 4) is 0 Å². The Bertz CT molecular complexity index is 189. The first-order valence-corrected chi connectivity index (χ1v) is 6.56. The Labute approximate surface area is 93.8 Å². The van der Waals surface area contributed by atoms with E-state index in [2.05, 4.69) is 19.3 Å². The normalized spacial score (nSPS) is 39.2. The minimum atomic E-state index is 0.772. The van der Waals surface area contributed by atoms with E-state index < -0.39 is 0 Å². The van der Waals surface area contributed by atoms with Gasteiger partial charge in [-0.05, 0) is 56.9 Å². The second kappa shape index (κ2) is 5.31. The van der Waals surface area contributed by atoms with Gasteiger partial charge in [0.05, 0.1) is 0 Å². The molecule has 1 aliphatic carbocycles. The molecule has 88 valence electrons. The molecule has 0 aromatic carbocycles. The fourth-order valence-corrected chi connectivity index (χ4v) is 3.42. The van der Waals surface area contributed by atoms with Crippen LogP contribution in [0.25, 0.3) is 0 Å². The zero-order chi connectivity index (χ0) is 10.7. The summed E-state index contributed by atoms with van der Waals surface area (Å²) >= 11 is 0. The van der Waals surface area contributed by atoms with Gasteiger partial charge in [0.15, 0.2) is 0 Å². The van der Waals surface area contributed by atoms with Crippen LogP contribution in [-0.2, 0) is 4.74 Å². The number of rotatable bonds is 2. The van der Waals surface area contributed by atoms with Crippen molar-refractivity contribution in [2.24, 2.45) is 17.8 Å². The van der Waals surface area contributed by atoms with Crippen LogP contribution in [0, 0.1) is 17.8 Å². The Balaban J connectivity index is 1.92. The first-order valence-electron chi connectivity index (χ1n) is 6.56. The summed E-state index contributed by atoms with van der Waals surface area (Å²) in [6.45, 7) is 4.45. The van der Waals surface area contributed by atoms with E-state index in [0.717, 1.165) is 37.0 Å². The van der Waals surface area contributed by atoms with Gasteiger partial charge < -0.3 is 10.1 Å². The largest absolute Gasteiger partial charge is 0.381 e. The molecule has 0 amide bonds. The van der Waals surface area contributed by atoms with Gasteiger partial charge in [0.1, 0.15) is 0 Å². The molecule has 0 bridgehead atoms. The summed E-state index contributed by atoms with van der Waals surface area (Å²) in [5.74, 6) is 2.81. The lowest BCUT2D eigenvalue weighted by molar-refractivity contribution is 0.0218. The SMILES string of the molecule is CNC1CCC(C)C(C2CCOCC2)C1. The van der Waals surface area contributed by atoms with Crippen molar-refractivity contribution in [2.75, 3.05) is 20.3 Å². The fraction of sp³-hybridized carbons (Fsp3) is 1.00. The Morgan fingerprint density at radius 1 is 1.07 bits per heavy atom. The van der Waals surface area contributed by atoms with E-state index in [1.54, 1.807) is 0 Å². The molecule has 3 atom stereocenters. The fourth-order valence-electron chi connectivity index (χ4n) is 3.42. The molecule has 3 unspecified atom stereocenters. The van der Waals surface area contributed by atoms with Crippen molar-refractivity contribution >= 4 is 0 Å². The quantitative estimate of drug-likeness (QED) is 0.757. The van der Waals surface area contributed by atoms with Crippen molar-refractivity contribution in [1.29, 1.82) is 0 Å². The zero-order valence-corrected chi connectivity index (χ0v) is 10.2. The second-order valence-corrected chi connectivity index (χ2v) is 5.39. The van der Waals surface area contributed by atoms with Crippen molar-refractivity contribution in [3.63, 3.8) is 0 Å². The van der Waals surface area contributed by atoms with Gasteiger partial charge in [-0.2, -0.15) is 0 Å². The highest BCUT2D eigenvalue weighted by atomic mass is 16.5. The monoisotopic (exact) mass is 211 g/mol. The van der Waals surface area contributed by atoms with Crippen molar-refractivity contribution < 1.29 is 4.74 Å². The molecule has 2 rings (SSSR count). The first kappa shape index (κ1) is 11.4. The first-order chi connectivity index (χ1) is 7.31.